The van der Waals surface area contributed by atoms with E-state index in [-0.39, 0.29) is 24.1 Å². The first kappa shape index (κ1) is 27.1. The zero-order valence-corrected chi connectivity index (χ0v) is 22.5. The number of allylic oxidation sites excluding steroid dienone is 3. The van der Waals surface area contributed by atoms with E-state index in [1.807, 2.05) is 33.0 Å². The molecule has 11 nitrogen and oxygen atoms in total. The maximum Gasteiger partial charge on any atom is 0.278 e. The first-order valence-electron chi connectivity index (χ1n) is 12.4. The number of aromatic nitrogens is 4. The van der Waals surface area contributed by atoms with Crippen molar-refractivity contribution in [1.82, 2.24) is 29.7 Å². The van der Waals surface area contributed by atoms with Gasteiger partial charge in [0.25, 0.3) is 5.56 Å². The van der Waals surface area contributed by atoms with Crippen LogP contribution in [0, 0.1) is 0 Å². The van der Waals surface area contributed by atoms with Crippen molar-refractivity contribution < 1.29 is 4.79 Å². The van der Waals surface area contributed by atoms with Crippen LogP contribution in [0.4, 0.5) is 17.3 Å². The number of aldehydes is 1. The van der Waals surface area contributed by atoms with E-state index in [2.05, 4.69) is 37.2 Å². The number of hydrogen-bond donors (Lipinski definition) is 2. The fourth-order valence-electron chi connectivity index (χ4n) is 4.04. The van der Waals surface area contributed by atoms with Crippen LogP contribution in [0.2, 0.25) is 5.02 Å². The molecule has 0 bridgehead atoms. The van der Waals surface area contributed by atoms with Crippen LogP contribution in [0.5, 0.6) is 0 Å². The van der Waals surface area contributed by atoms with Gasteiger partial charge in [-0.05, 0) is 44.2 Å². The van der Waals surface area contributed by atoms with Gasteiger partial charge in [-0.2, -0.15) is 10.1 Å². The summed E-state index contributed by atoms with van der Waals surface area (Å²) in [4.78, 5) is 35.8. The van der Waals surface area contributed by atoms with Gasteiger partial charge in [0, 0.05) is 61.9 Å². The third kappa shape index (κ3) is 5.95. The van der Waals surface area contributed by atoms with Gasteiger partial charge < -0.3 is 15.5 Å². The van der Waals surface area contributed by atoms with Gasteiger partial charge in [0.05, 0.1) is 6.54 Å². The lowest BCUT2D eigenvalue weighted by molar-refractivity contribution is -0.104. The van der Waals surface area contributed by atoms with Crippen LogP contribution in [0.1, 0.15) is 13.8 Å². The van der Waals surface area contributed by atoms with E-state index < -0.39 is 0 Å². The molecule has 3 aromatic rings. The van der Waals surface area contributed by atoms with E-state index in [9.17, 15) is 9.59 Å². The second-order valence-electron chi connectivity index (χ2n) is 9.10. The van der Waals surface area contributed by atoms with E-state index in [1.54, 1.807) is 21.8 Å². The Bertz CT molecular complexity index is 1430. The Labute approximate surface area is 226 Å². The summed E-state index contributed by atoms with van der Waals surface area (Å²) in [6.45, 7) is 11.5. The van der Waals surface area contributed by atoms with Crippen molar-refractivity contribution in [2.24, 2.45) is 5.10 Å². The molecule has 1 aromatic carbocycles. The average Bonchev–Trinajstić information content (AvgIpc) is 3.17. The standard InChI is InChI=1S/C26H32ClN9O2/c1-5-10-35-25(38)22-17-29-26(30-20-14-19(27)15-21(16-20)34-11-8-28-9-12-34)31-24(22)36(35)23(7-6-13-37)32-33(4)18(2)3/h5-7,13-18,28H,1,8-12H2,2-4H3,(H,29,30,31)/b7-6-,32-23+. The Hall–Kier alpha value is -3.96. The topological polar surface area (TPSA) is 113 Å². The first-order chi connectivity index (χ1) is 18.3. The number of nitrogens with zero attached hydrogens (tertiary/aromatic N) is 7. The highest BCUT2D eigenvalue weighted by Gasteiger charge is 2.20. The fourth-order valence-corrected chi connectivity index (χ4v) is 4.27. The number of fused-ring (bicyclic) bond motifs is 1. The number of halogens is 1. The number of benzene rings is 1. The van der Waals surface area contributed by atoms with Gasteiger partial charge >= 0.3 is 0 Å². The Kier molecular flexibility index (Phi) is 8.59. The third-order valence-electron chi connectivity index (χ3n) is 6.15. The Morgan fingerprint density at radius 1 is 1.32 bits per heavy atom. The van der Waals surface area contributed by atoms with Crippen LogP contribution in [0.15, 0.2) is 59.1 Å². The monoisotopic (exact) mass is 537 g/mol. The molecule has 1 aliphatic rings. The normalized spacial score (nSPS) is 14.4. The maximum atomic E-state index is 13.3. The zero-order chi connectivity index (χ0) is 27.2. The van der Waals surface area contributed by atoms with Gasteiger partial charge in [-0.25, -0.2) is 14.3 Å². The number of hydrogen-bond acceptors (Lipinski definition) is 9. The summed E-state index contributed by atoms with van der Waals surface area (Å²) in [6.07, 6.45) is 6.61. The van der Waals surface area contributed by atoms with Gasteiger partial charge in [0.15, 0.2) is 11.5 Å². The van der Waals surface area contributed by atoms with E-state index in [0.29, 0.717) is 28.2 Å². The Balaban J connectivity index is 1.81. The molecule has 1 aliphatic heterocycles. The predicted molar refractivity (Wildman–Crippen MR) is 153 cm³/mol. The SMILES string of the molecule is C=CCn1c(=O)c2cnc(Nc3cc(Cl)cc(N4CCNCC4)c3)nc2n1C(/C=C\C=O)=N/N(C)C(C)C. The second kappa shape index (κ2) is 12.1. The van der Waals surface area contributed by atoms with E-state index >= 15 is 0 Å². The number of anilines is 3. The molecule has 0 atom stereocenters. The van der Waals surface area contributed by atoms with Crippen molar-refractivity contribution in [2.45, 2.75) is 26.4 Å². The lowest BCUT2D eigenvalue weighted by Gasteiger charge is -2.30. The molecular formula is C26H32ClN9O2. The Morgan fingerprint density at radius 3 is 2.76 bits per heavy atom. The molecule has 4 rings (SSSR count). The summed E-state index contributed by atoms with van der Waals surface area (Å²) in [7, 11) is 1.82. The van der Waals surface area contributed by atoms with Crippen molar-refractivity contribution in [3.8, 4) is 0 Å². The van der Waals surface area contributed by atoms with Crippen LogP contribution in [-0.4, -0.2) is 75.7 Å². The summed E-state index contributed by atoms with van der Waals surface area (Å²) in [5.41, 5.74) is 1.76. The van der Waals surface area contributed by atoms with E-state index in [4.69, 9.17) is 11.6 Å². The molecule has 1 saturated heterocycles. The third-order valence-corrected chi connectivity index (χ3v) is 6.37. The number of nitrogens with one attached hydrogen (secondary N) is 2. The highest BCUT2D eigenvalue weighted by Crippen LogP contribution is 2.27. The molecule has 0 aliphatic carbocycles. The van der Waals surface area contributed by atoms with Crippen molar-refractivity contribution in [1.29, 1.82) is 0 Å². The molecule has 0 radical (unpaired) electrons. The molecule has 0 spiro atoms. The number of hydrazone groups is 1. The summed E-state index contributed by atoms with van der Waals surface area (Å²) < 4.78 is 3.04. The van der Waals surface area contributed by atoms with Crippen molar-refractivity contribution in [3.63, 3.8) is 0 Å². The largest absolute Gasteiger partial charge is 0.369 e. The molecule has 2 N–H and O–H groups in total. The highest BCUT2D eigenvalue weighted by atomic mass is 35.5. The minimum absolute atomic E-state index is 0.0793. The molecule has 38 heavy (non-hydrogen) atoms. The summed E-state index contributed by atoms with van der Waals surface area (Å²) in [5, 5.41) is 13.9. The average molecular weight is 538 g/mol. The number of carbonyl (C=O) groups is 1. The first-order valence-corrected chi connectivity index (χ1v) is 12.8. The van der Waals surface area contributed by atoms with Gasteiger partial charge in [0.1, 0.15) is 11.7 Å². The van der Waals surface area contributed by atoms with Crippen LogP contribution in [0.3, 0.4) is 0 Å². The fraction of sp³-hybridized carbons (Fsp3) is 0.346. The molecule has 0 unspecified atom stereocenters. The van der Waals surface area contributed by atoms with Gasteiger partial charge in [-0.1, -0.05) is 17.7 Å². The quantitative estimate of drug-likeness (QED) is 0.107. The summed E-state index contributed by atoms with van der Waals surface area (Å²) in [6, 6.07) is 5.81. The predicted octanol–water partition coefficient (Wildman–Crippen LogP) is 2.84. The summed E-state index contributed by atoms with van der Waals surface area (Å²) >= 11 is 6.44. The number of rotatable bonds is 9. The molecule has 12 heteroatoms. The zero-order valence-electron chi connectivity index (χ0n) is 21.8. The van der Waals surface area contributed by atoms with E-state index in [1.165, 1.54) is 23.0 Å². The van der Waals surface area contributed by atoms with E-state index in [0.717, 1.165) is 37.6 Å². The highest BCUT2D eigenvalue weighted by molar-refractivity contribution is 6.31. The Morgan fingerprint density at radius 2 is 2.08 bits per heavy atom. The molecule has 2 aromatic heterocycles. The number of carbonyl (C=O) groups excluding carboxylic acids is 1. The maximum absolute atomic E-state index is 13.3. The van der Waals surface area contributed by atoms with Crippen LogP contribution >= 0.6 is 11.6 Å². The van der Waals surface area contributed by atoms with Crippen LogP contribution < -0.4 is 21.1 Å². The van der Waals surface area contributed by atoms with Gasteiger partial charge in [-0.3, -0.25) is 14.6 Å². The smallest absolute Gasteiger partial charge is 0.278 e. The second-order valence-corrected chi connectivity index (χ2v) is 9.54. The number of piperazine rings is 1. The molecular weight excluding hydrogens is 506 g/mol. The lowest BCUT2D eigenvalue weighted by Crippen LogP contribution is -2.43. The van der Waals surface area contributed by atoms with Crippen LogP contribution in [-0.2, 0) is 11.3 Å². The van der Waals surface area contributed by atoms with Crippen molar-refractivity contribution >= 4 is 52.1 Å². The minimum atomic E-state index is -0.297. The van der Waals surface area contributed by atoms with Crippen molar-refractivity contribution in [2.75, 3.05) is 43.4 Å². The van der Waals surface area contributed by atoms with Gasteiger partial charge in [0.2, 0.25) is 5.95 Å². The van der Waals surface area contributed by atoms with Gasteiger partial charge in [-0.15, -0.1) is 6.58 Å². The molecule has 200 valence electrons. The lowest BCUT2D eigenvalue weighted by atomic mass is 10.2. The molecule has 0 saturated carbocycles. The van der Waals surface area contributed by atoms with Crippen molar-refractivity contribution in [3.05, 3.63) is 64.6 Å². The molecule has 1 fully saturated rings. The molecule has 0 amide bonds. The van der Waals surface area contributed by atoms with Crippen LogP contribution in [0.25, 0.3) is 11.0 Å². The molecule has 3 heterocycles. The minimum Gasteiger partial charge on any atom is -0.369 e. The summed E-state index contributed by atoms with van der Waals surface area (Å²) in [5.74, 6) is 0.627.